The lowest BCUT2D eigenvalue weighted by Gasteiger charge is -2.16. The summed E-state index contributed by atoms with van der Waals surface area (Å²) in [5.74, 6) is -0.210. The third-order valence-electron chi connectivity index (χ3n) is 3.62. The fourth-order valence-corrected chi connectivity index (χ4v) is 2.21. The Morgan fingerprint density at radius 2 is 1.79 bits per heavy atom. The highest BCUT2D eigenvalue weighted by Crippen LogP contribution is 2.30. The summed E-state index contributed by atoms with van der Waals surface area (Å²) in [5.41, 5.74) is 0.777. The first-order valence-electron chi connectivity index (χ1n) is 7.57. The van der Waals surface area contributed by atoms with Crippen LogP contribution in [0.25, 0.3) is 0 Å². The van der Waals surface area contributed by atoms with Gasteiger partial charge in [-0.1, -0.05) is 42.5 Å². The first kappa shape index (κ1) is 18.0. The highest BCUT2D eigenvalue weighted by Gasteiger charge is 2.30. The predicted octanol–water partition coefficient (Wildman–Crippen LogP) is 3.67. The second kappa shape index (κ2) is 7.97. The summed E-state index contributed by atoms with van der Waals surface area (Å²) in [4.78, 5) is 11.8. The highest BCUT2D eigenvalue weighted by atomic mass is 19.4. The molecule has 1 unspecified atom stereocenters. The number of hydrogen-bond acceptors (Lipinski definition) is 2. The van der Waals surface area contributed by atoms with Crippen LogP contribution in [0.3, 0.4) is 0 Å². The molecule has 0 aliphatic rings. The van der Waals surface area contributed by atoms with E-state index in [2.05, 4.69) is 10.6 Å². The number of alkyl halides is 3. The van der Waals surface area contributed by atoms with Gasteiger partial charge in [-0.15, -0.1) is 0 Å². The Bertz CT molecular complexity index is 671. The maximum absolute atomic E-state index is 12.7. The van der Waals surface area contributed by atoms with Gasteiger partial charge in [0.15, 0.2) is 0 Å². The normalized spacial score (nSPS) is 12.7. The van der Waals surface area contributed by atoms with E-state index in [4.69, 9.17) is 0 Å². The topological polar surface area (TPSA) is 41.1 Å². The number of halogens is 3. The number of benzene rings is 2. The lowest BCUT2D eigenvalue weighted by atomic mass is 10.0. The number of rotatable bonds is 6. The van der Waals surface area contributed by atoms with Crippen LogP contribution in [0.4, 0.5) is 13.2 Å². The molecule has 0 radical (unpaired) electrons. The van der Waals surface area contributed by atoms with Gasteiger partial charge in [-0.05, 0) is 30.2 Å². The van der Waals surface area contributed by atoms with Crippen LogP contribution in [-0.4, -0.2) is 12.5 Å². The molecule has 1 amide bonds. The number of hydrogen-bond donors (Lipinski definition) is 2. The fourth-order valence-electron chi connectivity index (χ4n) is 2.21. The van der Waals surface area contributed by atoms with Crippen LogP contribution in [0.2, 0.25) is 0 Å². The van der Waals surface area contributed by atoms with Crippen molar-refractivity contribution in [3.8, 4) is 0 Å². The molecule has 1 atom stereocenters. The molecule has 0 aliphatic carbocycles. The molecule has 6 heteroatoms. The van der Waals surface area contributed by atoms with Crippen LogP contribution in [0.5, 0.6) is 0 Å². The van der Waals surface area contributed by atoms with E-state index in [1.807, 2.05) is 30.3 Å². The van der Waals surface area contributed by atoms with Crippen LogP contribution < -0.4 is 10.6 Å². The van der Waals surface area contributed by atoms with Crippen molar-refractivity contribution in [2.45, 2.75) is 25.7 Å². The molecule has 0 spiro atoms. The standard InChI is InChI=1S/C18H19F3N2O/c1-13(15-8-5-9-16(10-15)18(19,20)21)22-12-17(24)23-11-14-6-3-2-4-7-14/h2-10,13,22H,11-12H2,1H3,(H,23,24). The molecular weight excluding hydrogens is 317 g/mol. The third kappa shape index (κ3) is 5.38. The van der Waals surface area contributed by atoms with Crippen molar-refractivity contribution in [3.63, 3.8) is 0 Å². The number of amides is 1. The second-order valence-electron chi connectivity index (χ2n) is 5.49. The number of carbonyl (C=O) groups is 1. The van der Waals surface area contributed by atoms with E-state index in [0.717, 1.165) is 17.7 Å². The van der Waals surface area contributed by atoms with Crippen molar-refractivity contribution in [3.05, 3.63) is 71.3 Å². The van der Waals surface area contributed by atoms with Crippen LogP contribution >= 0.6 is 0 Å². The minimum Gasteiger partial charge on any atom is -0.351 e. The SMILES string of the molecule is CC(NCC(=O)NCc1ccccc1)c1cccc(C(F)(F)F)c1. The maximum Gasteiger partial charge on any atom is 0.416 e. The molecule has 3 nitrogen and oxygen atoms in total. The van der Waals surface area contributed by atoms with Gasteiger partial charge in [0.05, 0.1) is 12.1 Å². The molecule has 0 aliphatic heterocycles. The molecule has 2 N–H and O–H groups in total. The molecule has 2 aromatic rings. The zero-order valence-electron chi connectivity index (χ0n) is 13.2. The van der Waals surface area contributed by atoms with E-state index in [9.17, 15) is 18.0 Å². The number of carbonyl (C=O) groups excluding carboxylic acids is 1. The van der Waals surface area contributed by atoms with Crippen molar-refractivity contribution in [2.75, 3.05) is 6.54 Å². The van der Waals surface area contributed by atoms with Gasteiger partial charge in [0.1, 0.15) is 0 Å². The lowest BCUT2D eigenvalue weighted by molar-refractivity contribution is -0.137. The Labute approximate surface area is 138 Å². The Morgan fingerprint density at radius 1 is 1.08 bits per heavy atom. The molecule has 128 valence electrons. The Kier molecular flexibility index (Phi) is 5.98. The molecule has 0 saturated carbocycles. The summed E-state index contributed by atoms with van der Waals surface area (Å²) in [5, 5.41) is 5.69. The van der Waals surface area contributed by atoms with Crippen molar-refractivity contribution in [2.24, 2.45) is 0 Å². The average Bonchev–Trinajstić information content (AvgIpc) is 2.58. The van der Waals surface area contributed by atoms with Crippen LogP contribution in [-0.2, 0) is 17.5 Å². The minimum atomic E-state index is -4.37. The van der Waals surface area contributed by atoms with Gasteiger partial charge in [0, 0.05) is 12.6 Å². The molecule has 0 fully saturated rings. The van der Waals surface area contributed by atoms with E-state index < -0.39 is 11.7 Å². The Morgan fingerprint density at radius 3 is 2.46 bits per heavy atom. The first-order valence-corrected chi connectivity index (χ1v) is 7.57. The Balaban J connectivity index is 1.84. The van der Waals surface area contributed by atoms with Gasteiger partial charge in [-0.25, -0.2) is 0 Å². The molecule has 0 bridgehead atoms. The van der Waals surface area contributed by atoms with Crippen LogP contribution in [0.1, 0.15) is 29.7 Å². The summed E-state index contributed by atoms with van der Waals surface area (Å²) < 4.78 is 38.2. The summed E-state index contributed by atoms with van der Waals surface area (Å²) in [6.45, 7) is 2.17. The Hall–Kier alpha value is -2.34. The van der Waals surface area contributed by atoms with Gasteiger partial charge in [-0.2, -0.15) is 13.2 Å². The largest absolute Gasteiger partial charge is 0.416 e. The van der Waals surface area contributed by atoms with Crippen LogP contribution in [0, 0.1) is 0 Å². The predicted molar refractivity (Wildman–Crippen MR) is 86.2 cm³/mol. The maximum atomic E-state index is 12.7. The second-order valence-corrected chi connectivity index (χ2v) is 5.49. The minimum absolute atomic E-state index is 0.0320. The average molecular weight is 336 g/mol. The van der Waals surface area contributed by atoms with E-state index in [-0.39, 0.29) is 18.5 Å². The smallest absolute Gasteiger partial charge is 0.351 e. The number of nitrogens with one attached hydrogen (secondary N) is 2. The van der Waals surface area contributed by atoms with E-state index in [1.54, 1.807) is 13.0 Å². The van der Waals surface area contributed by atoms with Gasteiger partial charge in [-0.3, -0.25) is 4.79 Å². The summed E-state index contributed by atoms with van der Waals surface area (Å²) in [7, 11) is 0. The molecule has 2 rings (SSSR count). The zero-order valence-corrected chi connectivity index (χ0v) is 13.2. The van der Waals surface area contributed by atoms with Gasteiger partial charge in [0.25, 0.3) is 0 Å². The summed E-state index contributed by atoms with van der Waals surface area (Å²) in [6, 6.07) is 14.2. The van der Waals surface area contributed by atoms with Crippen molar-refractivity contribution in [1.29, 1.82) is 0 Å². The highest BCUT2D eigenvalue weighted by molar-refractivity contribution is 5.78. The van der Waals surface area contributed by atoms with Crippen LogP contribution in [0.15, 0.2) is 54.6 Å². The van der Waals surface area contributed by atoms with Crippen molar-refractivity contribution < 1.29 is 18.0 Å². The fraction of sp³-hybridized carbons (Fsp3) is 0.278. The summed E-state index contributed by atoms with van der Waals surface area (Å²) in [6.07, 6.45) is -4.37. The van der Waals surface area contributed by atoms with E-state index in [0.29, 0.717) is 12.1 Å². The third-order valence-corrected chi connectivity index (χ3v) is 3.62. The van der Waals surface area contributed by atoms with Crippen molar-refractivity contribution in [1.82, 2.24) is 10.6 Å². The lowest BCUT2D eigenvalue weighted by Crippen LogP contribution is -2.34. The molecule has 0 heterocycles. The van der Waals surface area contributed by atoms with Gasteiger partial charge < -0.3 is 10.6 Å². The first-order chi connectivity index (χ1) is 11.4. The van der Waals surface area contributed by atoms with Crippen molar-refractivity contribution >= 4 is 5.91 Å². The van der Waals surface area contributed by atoms with Gasteiger partial charge in [0.2, 0.25) is 5.91 Å². The molecule has 24 heavy (non-hydrogen) atoms. The monoisotopic (exact) mass is 336 g/mol. The van der Waals surface area contributed by atoms with Gasteiger partial charge >= 0.3 is 6.18 Å². The molecule has 2 aromatic carbocycles. The summed E-state index contributed by atoms with van der Waals surface area (Å²) >= 11 is 0. The quantitative estimate of drug-likeness (QED) is 0.845. The zero-order chi connectivity index (χ0) is 17.6. The molecule has 0 saturated heterocycles. The molecule has 0 aromatic heterocycles. The molecular formula is C18H19F3N2O. The van der Waals surface area contributed by atoms with E-state index >= 15 is 0 Å². The van der Waals surface area contributed by atoms with E-state index in [1.165, 1.54) is 6.07 Å².